The molecule has 0 unspecified atom stereocenters. The van der Waals surface area contributed by atoms with Crippen molar-refractivity contribution >= 4 is 49.1 Å². The van der Waals surface area contributed by atoms with Gasteiger partial charge in [-0.3, -0.25) is 18.9 Å². The molecular formula is C38H40FN9O7S. The number of aromatic nitrogens is 8. The van der Waals surface area contributed by atoms with Crippen molar-refractivity contribution in [2.24, 2.45) is 14.1 Å². The average molecular weight is 786 g/mol. The number of pyridine rings is 1. The number of benzene rings is 2. The summed E-state index contributed by atoms with van der Waals surface area (Å²) in [6.07, 6.45) is 3.64. The number of nitrogens with one attached hydrogen (secondary N) is 2. The molecule has 2 aromatic carbocycles. The number of amides is 1. The van der Waals surface area contributed by atoms with E-state index in [2.05, 4.69) is 20.6 Å². The van der Waals surface area contributed by atoms with Crippen molar-refractivity contribution in [3.8, 4) is 22.4 Å². The second-order valence-corrected chi connectivity index (χ2v) is 16.7. The number of hydrogen-bond acceptors (Lipinski definition) is 10. The molecule has 0 bridgehead atoms. The van der Waals surface area contributed by atoms with Gasteiger partial charge in [-0.05, 0) is 63.4 Å². The lowest BCUT2D eigenvalue weighted by Gasteiger charge is -2.24. The Morgan fingerprint density at radius 2 is 1.88 bits per heavy atom. The van der Waals surface area contributed by atoms with Crippen LogP contribution in [0, 0.1) is 5.95 Å². The summed E-state index contributed by atoms with van der Waals surface area (Å²) in [5.41, 5.74) is 0.847. The maximum atomic E-state index is 16.1. The number of rotatable bonds is 9. The summed E-state index contributed by atoms with van der Waals surface area (Å²) in [6.45, 7) is 4.97. The van der Waals surface area contributed by atoms with Gasteiger partial charge in [0, 0.05) is 37.3 Å². The van der Waals surface area contributed by atoms with Crippen molar-refractivity contribution in [1.82, 2.24) is 43.4 Å². The minimum atomic E-state index is -4.50. The Morgan fingerprint density at radius 1 is 1.11 bits per heavy atom. The lowest BCUT2D eigenvalue weighted by atomic mass is 9.98. The molecule has 0 saturated heterocycles. The molecule has 18 heteroatoms. The predicted octanol–water partition coefficient (Wildman–Crippen LogP) is 4.62. The highest BCUT2D eigenvalue weighted by Crippen LogP contribution is 2.47. The zero-order chi connectivity index (χ0) is 39.7. The van der Waals surface area contributed by atoms with Crippen LogP contribution in [0.15, 0.2) is 76.8 Å². The van der Waals surface area contributed by atoms with Crippen LogP contribution < -0.4 is 11.0 Å². The fourth-order valence-electron chi connectivity index (χ4n) is 7.74. The molecule has 1 amide bonds. The van der Waals surface area contributed by atoms with Crippen LogP contribution >= 0.6 is 0 Å². The first kappa shape index (κ1) is 37.1. The summed E-state index contributed by atoms with van der Waals surface area (Å²) in [5.74, 6) is -0.914. The minimum absolute atomic E-state index is 0.0106. The molecular weight excluding hydrogens is 746 g/mol. The monoisotopic (exact) mass is 785 g/mol. The molecule has 7 aromatic rings. The lowest BCUT2D eigenvalue weighted by molar-refractivity contribution is 0.00975. The van der Waals surface area contributed by atoms with Gasteiger partial charge in [-0.1, -0.05) is 24.3 Å². The molecule has 0 aliphatic heterocycles. The first-order valence-corrected chi connectivity index (χ1v) is 19.4. The summed E-state index contributed by atoms with van der Waals surface area (Å²) in [7, 11) is -1.37. The molecule has 3 atom stereocenters. The second kappa shape index (κ2) is 13.7. The molecule has 0 spiro atoms. The van der Waals surface area contributed by atoms with Gasteiger partial charge in [0.1, 0.15) is 5.60 Å². The van der Waals surface area contributed by atoms with E-state index in [4.69, 9.17) is 14.5 Å². The SMILES string of the molecule is Cn1cc(-c2c(-c3ccc4[nH]ncc4c3)c3c(ncc4c3n([C@H]3C[C@H](NC(=O)OC(C)(C)C)[C@H](OCCO)C3)c(=O)n4C)n2S(=O)(=O)c2ccccc2)c(F)n1. The van der Waals surface area contributed by atoms with E-state index in [9.17, 15) is 23.1 Å². The van der Waals surface area contributed by atoms with Crippen LogP contribution in [0.3, 0.4) is 0 Å². The van der Waals surface area contributed by atoms with Crippen LogP contribution in [-0.4, -0.2) is 88.6 Å². The van der Waals surface area contributed by atoms with Gasteiger partial charge in [0.2, 0.25) is 5.95 Å². The molecule has 5 heterocycles. The first-order valence-electron chi connectivity index (χ1n) is 18.0. The van der Waals surface area contributed by atoms with E-state index >= 15 is 4.39 Å². The maximum absolute atomic E-state index is 16.1. The van der Waals surface area contributed by atoms with Gasteiger partial charge in [0.15, 0.2) is 5.65 Å². The number of aromatic amines is 1. The van der Waals surface area contributed by atoms with E-state index < -0.39 is 51.5 Å². The van der Waals surface area contributed by atoms with E-state index in [1.165, 1.54) is 40.8 Å². The number of hydrogen-bond donors (Lipinski definition) is 3. The van der Waals surface area contributed by atoms with E-state index in [0.29, 0.717) is 33.1 Å². The summed E-state index contributed by atoms with van der Waals surface area (Å²) in [5, 5.41) is 24.5. The normalized spacial score (nSPS) is 17.7. The molecule has 5 aromatic heterocycles. The maximum Gasteiger partial charge on any atom is 0.407 e. The molecule has 1 saturated carbocycles. The van der Waals surface area contributed by atoms with Crippen LogP contribution in [-0.2, 0) is 33.6 Å². The number of imidazole rings is 1. The molecule has 1 aliphatic rings. The minimum Gasteiger partial charge on any atom is -0.444 e. The predicted molar refractivity (Wildman–Crippen MR) is 205 cm³/mol. The van der Waals surface area contributed by atoms with Crippen LogP contribution in [0.4, 0.5) is 9.18 Å². The number of aliphatic hydroxyl groups excluding tert-OH is 1. The van der Waals surface area contributed by atoms with E-state index in [1.54, 1.807) is 68.9 Å². The number of halogens is 1. The molecule has 0 radical (unpaired) electrons. The zero-order valence-corrected chi connectivity index (χ0v) is 32.0. The fraction of sp³-hybridized carbons (Fsp3) is 0.342. The van der Waals surface area contributed by atoms with E-state index in [1.807, 2.05) is 6.07 Å². The number of nitrogens with zero attached hydrogens (tertiary/aromatic N) is 7. The standard InChI is InChI=1S/C38H40FN9O7S/c1-38(2,3)55-36(50)42-27-16-23(17-29(27)54-14-13-49)47-33-28(46(5)37(47)51)19-40-35-31(33)30(21-11-12-26-22(15-21)18-41-43-26)32(25-20-45(4)44-34(25)39)48(35)56(52,53)24-9-7-6-8-10-24/h6-12,15,18-20,23,27,29,49H,13-14,16-17H2,1-5H3,(H,41,43)(H,42,50)/t23-,27-,29+/m0/s1. The van der Waals surface area contributed by atoms with Gasteiger partial charge in [-0.25, -0.2) is 27.0 Å². The highest BCUT2D eigenvalue weighted by molar-refractivity contribution is 7.90. The largest absolute Gasteiger partial charge is 0.444 e. The van der Waals surface area contributed by atoms with Gasteiger partial charge in [-0.15, -0.1) is 5.10 Å². The number of H-pyrrole nitrogens is 1. The van der Waals surface area contributed by atoms with Crippen LogP contribution in [0.2, 0.25) is 0 Å². The number of aryl methyl sites for hydroxylation is 2. The number of carbonyl (C=O) groups is 1. The molecule has 8 rings (SSSR count). The number of carbonyl (C=O) groups excluding carboxylic acids is 1. The van der Waals surface area contributed by atoms with Crippen molar-refractivity contribution in [2.75, 3.05) is 13.2 Å². The second-order valence-electron chi connectivity index (χ2n) is 14.9. The Hall–Kier alpha value is -5.85. The number of fused-ring (bicyclic) bond motifs is 4. The van der Waals surface area contributed by atoms with E-state index in [-0.39, 0.29) is 53.2 Å². The number of alkyl carbamates (subject to hydrolysis) is 1. The Morgan fingerprint density at radius 3 is 2.57 bits per heavy atom. The molecule has 292 valence electrons. The van der Waals surface area contributed by atoms with Gasteiger partial charge in [0.05, 0.1) is 75.8 Å². The number of ether oxygens (including phenoxy) is 2. The highest BCUT2D eigenvalue weighted by atomic mass is 32.2. The molecule has 16 nitrogen and oxygen atoms in total. The molecule has 56 heavy (non-hydrogen) atoms. The van der Waals surface area contributed by atoms with Crippen molar-refractivity contribution in [2.45, 2.75) is 62.3 Å². The highest BCUT2D eigenvalue weighted by Gasteiger charge is 2.41. The average Bonchev–Trinajstić information content (AvgIpc) is 3.96. The Labute approximate surface area is 319 Å². The van der Waals surface area contributed by atoms with Gasteiger partial charge in [-0.2, -0.15) is 9.49 Å². The first-order chi connectivity index (χ1) is 26.7. The van der Waals surface area contributed by atoms with Crippen molar-refractivity contribution in [3.63, 3.8) is 0 Å². The van der Waals surface area contributed by atoms with Crippen LogP contribution in [0.25, 0.3) is 55.4 Å². The summed E-state index contributed by atoms with van der Waals surface area (Å²) in [4.78, 5) is 32.1. The van der Waals surface area contributed by atoms with Crippen LogP contribution in [0.5, 0.6) is 0 Å². The third kappa shape index (κ3) is 6.22. The summed E-state index contributed by atoms with van der Waals surface area (Å²) >= 11 is 0. The topological polar surface area (TPSA) is 193 Å². The summed E-state index contributed by atoms with van der Waals surface area (Å²) in [6, 6.07) is 11.9. The quantitative estimate of drug-likeness (QED) is 0.186. The van der Waals surface area contributed by atoms with Crippen molar-refractivity contribution in [1.29, 1.82) is 0 Å². The third-order valence-electron chi connectivity index (χ3n) is 10.0. The zero-order valence-electron chi connectivity index (χ0n) is 31.2. The van der Waals surface area contributed by atoms with Gasteiger partial charge < -0.3 is 19.9 Å². The number of aliphatic hydroxyl groups is 1. The van der Waals surface area contributed by atoms with Crippen molar-refractivity contribution < 1.29 is 32.2 Å². The third-order valence-corrected chi connectivity index (χ3v) is 11.7. The Balaban J connectivity index is 1.46. The summed E-state index contributed by atoms with van der Waals surface area (Å²) < 4.78 is 62.7. The Kier molecular flexibility index (Phi) is 9.08. The fourth-order valence-corrected chi connectivity index (χ4v) is 9.25. The molecule has 1 aliphatic carbocycles. The smallest absolute Gasteiger partial charge is 0.407 e. The van der Waals surface area contributed by atoms with Gasteiger partial charge >= 0.3 is 11.8 Å². The lowest BCUT2D eigenvalue weighted by Crippen LogP contribution is -2.43. The Bertz CT molecular complexity index is 2810. The van der Waals surface area contributed by atoms with E-state index in [0.717, 1.165) is 3.97 Å². The van der Waals surface area contributed by atoms with Crippen LogP contribution in [0.1, 0.15) is 39.7 Å². The van der Waals surface area contributed by atoms with Gasteiger partial charge in [0.25, 0.3) is 10.0 Å². The molecule has 3 N–H and O–H groups in total. The van der Waals surface area contributed by atoms with Crippen molar-refractivity contribution in [3.05, 3.63) is 83.6 Å². The molecule has 1 fully saturated rings.